The third-order valence-electron chi connectivity index (χ3n) is 2.89. The summed E-state index contributed by atoms with van der Waals surface area (Å²) < 4.78 is 0. The van der Waals surface area contributed by atoms with Crippen molar-refractivity contribution in [2.75, 3.05) is 20.1 Å². The van der Waals surface area contributed by atoms with Crippen LogP contribution in [-0.2, 0) is 9.59 Å². The molecule has 0 aromatic rings. The SMILES string of the molecule is CCC(=O)C(=O)N1CCCCC1CNC. The van der Waals surface area contributed by atoms with Gasteiger partial charge in [-0.15, -0.1) is 0 Å². The Labute approximate surface area is 91.0 Å². The molecule has 1 heterocycles. The molecule has 1 aliphatic rings. The van der Waals surface area contributed by atoms with E-state index in [1.165, 1.54) is 0 Å². The summed E-state index contributed by atoms with van der Waals surface area (Å²) >= 11 is 0. The third-order valence-corrected chi connectivity index (χ3v) is 2.89. The van der Waals surface area contributed by atoms with E-state index in [4.69, 9.17) is 0 Å². The van der Waals surface area contributed by atoms with Gasteiger partial charge >= 0.3 is 0 Å². The van der Waals surface area contributed by atoms with Crippen LogP contribution in [0.2, 0.25) is 0 Å². The normalized spacial score (nSPS) is 21.5. The average Bonchev–Trinajstić information content (AvgIpc) is 2.28. The quantitative estimate of drug-likeness (QED) is 0.693. The van der Waals surface area contributed by atoms with E-state index in [2.05, 4.69) is 5.32 Å². The molecule has 0 aromatic carbocycles. The standard InChI is InChI=1S/C11H20N2O2/c1-3-10(14)11(15)13-7-5-4-6-9(13)8-12-2/h9,12H,3-8H2,1-2H3. The highest BCUT2D eigenvalue weighted by atomic mass is 16.2. The molecule has 1 unspecified atom stereocenters. The number of rotatable bonds is 4. The zero-order chi connectivity index (χ0) is 11.3. The van der Waals surface area contributed by atoms with Crippen LogP contribution in [0.1, 0.15) is 32.6 Å². The van der Waals surface area contributed by atoms with Crippen molar-refractivity contribution in [1.29, 1.82) is 0 Å². The van der Waals surface area contributed by atoms with Crippen LogP contribution in [0.4, 0.5) is 0 Å². The molecule has 1 aliphatic heterocycles. The van der Waals surface area contributed by atoms with Gasteiger partial charge < -0.3 is 10.2 Å². The van der Waals surface area contributed by atoms with Gasteiger partial charge in [0, 0.05) is 25.6 Å². The monoisotopic (exact) mass is 212 g/mol. The number of hydrogen-bond donors (Lipinski definition) is 1. The van der Waals surface area contributed by atoms with E-state index in [1.807, 2.05) is 7.05 Å². The van der Waals surface area contributed by atoms with Crippen LogP contribution in [-0.4, -0.2) is 42.8 Å². The minimum absolute atomic E-state index is 0.201. The molecule has 0 aromatic heterocycles. The Kier molecular flexibility index (Phi) is 4.75. The molecular weight excluding hydrogens is 192 g/mol. The van der Waals surface area contributed by atoms with Crippen molar-refractivity contribution in [3.05, 3.63) is 0 Å². The van der Waals surface area contributed by atoms with Crippen molar-refractivity contribution >= 4 is 11.7 Å². The number of likely N-dealkylation sites (tertiary alicyclic amines) is 1. The van der Waals surface area contributed by atoms with E-state index in [0.717, 1.165) is 32.4 Å². The van der Waals surface area contributed by atoms with Crippen molar-refractivity contribution in [2.45, 2.75) is 38.6 Å². The molecule has 4 heteroatoms. The van der Waals surface area contributed by atoms with E-state index >= 15 is 0 Å². The Morgan fingerprint density at radius 2 is 2.13 bits per heavy atom. The number of hydrogen-bond acceptors (Lipinski definition) is 3. The minimum atomic E-state index is -0.294. The van der Waals surface area contributed by atoms with Crippen molar-refractivity contribution in [3.8, 4) is 0 Å². The lowest BCUT2D eigenvalue weighted by molar-refractivity contribution is -0.147. The molecule has 86 valence electrons. The number of amides is 1. The second-order valence-electron chi connectivity index (χ2n) is 3.98. The highest BCUT2D eigenvalue weighted by Crippen LogP contribution is 2.17. The molecule has 1 saturated heterocycles. The summed E-state index contributed by atoms with van der Waals surface area (Å²) in [5.74, 6) is -0.560. The molecule has 1 rings (SSSR count). The first kappa shape index (κ1) is 12.2. The largest absolute Gasteiger partial charge is 0.332 e. The second-order valence-corrected chi connectivity index (χ2v) is 3.98. The summed E-state index contributed by atoms with van der Waals surface area (Å²) in [6, 6.07) is 0.201. The fraction of sp³-hybridized carbons (Fsp3) is 0.818. The number of nitrogens with zero attached hydrogens (tertiary/aromatic N) is 1. The summed E-state index contributed by atoms with van der Waals surface area (Å²) in [7, 11) is 1.87. The van der Waals surface area contributed by atoms with Crippen LogP contribution >= 0.6 is 0 Å². The fourth-order valence-corrected chi connectivity index (χ4v) is 2.03. The number of likely N-dealkylation sites (N-methyl/N-ethyl adjacent to an activating group) is 1. The van der Waals surface area contributed by atoms with Gasteiger partial charge in [-0.25, -0.2) is 0 Å². The zero-order valence-corrected chi connectivity index (χ0v) is 9.58. The van der Waals surface area contributed by atoms with Gasteiger partial charge in [-0.05, 0) is 26.3 Å². The van der Waals surface area contributed by atoms with Gasteiger partial charge in [-0.3, -0.25) is 9.59 Å². The Hall–Kier alpha value is -0.900. The first-order valence-corrected chi connectivity index (χ1v) is 5.69. The number of piperidine rings is 1. The third kappa shape index (κ3) is 3.02. The number of Topliss-reactive ketones (excluding diaryl/α,β-unsaturated/α-hetero) is 1. The first-order chi connectivity index (χ1) is 7.20. The van der Waals surface area contributed by atoms with Crippen molar-refractivity contribution in [2.24, 2.45) is 0 Å². The number of carbonyl (C=O) groups is 2. The molecule has 0 bridgehead atoms. The summed E-state index contributed by atoms with van der Waals surface area (Å²) in [6.45, 7) is 3.25. The highest BCUT2D eigenvalue weighted by Gasteiger charge is 2.28. The molecule has 15 heavy (non-hydrogen) atoms. The number of nitrogens with one attached hydrogen (secondary N) is 1. The van der Waals surface area contributed by atoms with Gasteiger partial charge in [0.2, 0.25) is 5.78 Å². The van der Waals surface area contributed by atoms with Crippen LogP contribution in [0.3, 0.4) is 0 Å². The van der Waals surface area contributed by atoms with Crippen LogP contribution < -0.4 is 5.32 Å². The van der Waals surface area contributed by atoms with Crippen LogP contribution in [0.25, 0.3) is 0 Å². The van der Waals surface area contributed by atoms with Gasteiger partial charge in [0.05, 0.1) is 0 Å². The number of carbonyl (C=O) groups excluding carboxylic acids is 2. The van der Waals surface area contributed by atoms with Gasteiger partial charge in [-0.1, -0.05) is 6.92 Å². The van der Waals surface area contributed by atoms with Crippen LogP contribution in [0.15, 0.2) is 0 Å². The summed E-state index contributed by atoms with van der Waals surface area (Å²) in [5.41, 5.74) is 0. The van der Waals surface area contributed by atoms with E-state index in [-0.39, 0.29) is 17.7 Å². The Balaban J connectivity index is 2.62. The van der Waals surface area contributed by atoms with E-state index in [0.29, 0.717) is 6.42 Å². The maximum atomic E-state index is 11.8. The fourth-order valence-electron chi connectivity index (χ4n) is 2.03. The molecule has 0 aliphatic carbocycles. The highest BCUT2D eigenvalue weighted by molar-refractivity contribution is 6.36. The smallest absolute Gasteiger partial charge is 0.290 e. The lowest BCUT2D eigenvalue weighted by Gasteiger charge is -2.35. The molecule has 1 atom stereocenters. The van der Waals surface area contributed by atoms with Gasteiger partial charge in [0.25, 0.3) is 5.91 Å². The first-order valence-electron chi connectivity index (χ1n) is 5.69. The Bertz CT molecular complexity index is 239. The van der Waals surface area contributed by atoms with Crippen molar-refractivity contribution in [3.63, 3.8) is 0 Å². The maximum absolute atomic E-state index is 11.8. The van der Waals surface area contributed by atoms with Crippen molar-refractivity contribution in [1.82, 2.24) is 10.2 Å². The molecule has 1 N–H and O–H groups in total. The number of ketones is 1. The molecular formula is C11H20N2O2. The molecule has 0 spiro atoms. The van der Waals surface area contributed by atoms with E-state index in [9.17, 15) is 9.59 Å². The topological polar surface area (TPSA) is 49.4 Å². The van der Waals surface area contributed by atoms with Crippen molar-refractivity contribution < 1.29 is 9.59 Å². The predicted octanol–water partition coefficient (Wildman–Crippen LogP) is 0.566. The summed E-state index contributed by atoms with van der Waals surface area (Å²) in [6.07, 6.45) is 3.48. The summed E-state index contributed by atoms with van der Waals surface area (Å²) in [4.78, 5) is 24.9. The molecule has 1 amide bonds. The van der Waals surface area contributed by atoms with E-state index in [1.54, 1.807) is 11.8 Å². The minimum Gasteiger partial charge on any atom is -0.332 e. The Morgan fingerprint density at radius 3 is 2.73 bits per heavy atom. The summed E-state index contributed by atoms with van der Waals surface area (Å²) in [5, 5.41) is 3.07. The maximum Gasteiger partial charge on any atom is 0.290 e. The van der Waals surface area contributed by atoms with Crippen LogP contribution in [0, 0.1) is 0 Å². The lowest BCUT2D eigenvalue weighted by atomic mass is 10.0. The average molecular weight is 212 g/mol. The second kappa shape index (κ2) is 5.85. The van der Waals surface area contributed by atoms with Crippen LogP contribution in [0.5, 0.6) is 0 Å². The molecule has 0 radical (unpaired) electrons. The van der Waals surface area contributed by atoms with Gasteiger partial charge in [-0.2, -0.15) is 0 Å². The molecule has 4 nitrogen and oxygen atoms in total. The molecule has 1 fully saturated rings. The lowest BCUT2D eigenvalue weighted by Crippen LogP contribution is -2.50. The Morgan fingerprint density at radius 1 is 1.40 bits per heavy atom. The molecule has 0 saturated carbocycles. The van der Waals surface area contributed by atoms with Gasteiger partial charge in [0.1, 0.15) is 0 Å². The van der Waals surface area contributed by atoms with E-state index < -0.39 is 0 Å². The van der Waals surface area contributed by atoms with Gasteiger partial charge in [0.15, 0.2) is 0 Å². The predicted molar refractivity (Wildman–Crippen MR) is 58.6 cm³/mol. The zero-order valence-electron chi connectivity index (χ0n) is 9.58.